The summed E-state index contributed by atoms with van der Waals surface area (Å²) in [6.45, 7) is 8.47. The summed E-state index contributed by atoms with van der Waals surface area (Å²) in [5.74, 6) is -0.476. The Labute approximate surface area is 149 Å². The number of nitrogens with zero attached hydrogens (tertiary/aromatic N) is 1. The van der Waals surface area contributed by atoms with E-state index in [4.69, 9.17) is 9.47 Å². The zero-order valence-corrected chi connectivity index (χ0v) is 15.3. The molecule has 1 aliphatic rings. The third kappa shape index (κ3) is 6.74. The lowest BCUT2D eigenvalue weighted by molar-refractivity contribution is -0.146. The van der Waals surface area contributed by atoms with Crippen LogP contribution in [-0.2, 0) is 14.3 Å². The lowest BCUT2D eigenvalue weighted by atomic mass is 10.1. The molecule has 1 heterocycles. The monoisotopic (exact) mass is 348 g/mol. The largest absolute Gasteiger partial charge is 0.463 e. The van der Waals surface area contributed by atoms with E-state index in [1.807, 2.05) is 18.2 Å². The summed E-state index contributed by atoms with van der Waals surface area (Å²) in [6, 6.07) is 8.17. The lowest BCUT2D eigenvalue weighted by Crippen LogP contribution is -2.39. The van der Waals surface area contributed by atoms with Crippen molar-refractivity contribution in [1.82, 2.24) is 10.2 Å². The number of carbonyl (C=O) groups excluding carboxylic acids is 2. The fourth-order valence-electron chi connectivity index (χ4n) is 2.71. The molecular weight excluding hydrogens is 320 g/mol. The number of amides is 1. The highest BCUT2D eigenvalue weighted by Gasteiger charge is 2.27. The second-order valence-corrected chi connectivity index (χ2v) is 7.21. The van der Waals surface area contributed by atoms with E-state index in [0.717, 1.165) is 19.6 Å². The molecule has 1 saturated heterocycles. The molecule has 1 N–H and O–H groups in total. The zero-order chi connectivity index (χ0) is 18.3. The van der Waals surface area contributed by atoms with Crippen molar-refractivity contribution < 1.29 is 19.1 Å². The molecule has 0 aliphatic carbocycles. The number of ether oxygens (including phenoxy) is 2. The van der Waals surface area contributed by atoms with Crippen LogP contribution in [0, 0.1) is 0 Å². The summed E-state index contributed by atoms with van der Waals surface area (Å²) in [7, 11) is 0. The first-order valence-electron chi connectivity index (χ1n) is 8.78. The number of nitrogens with one attached hydrogen (secondary N) is 1. The normalized spacial score (nSPS) is 16.3. The number of rotatable bonds is 6. The molecule has 25 heavy (non-hydrogen) atoms. The van der Waals surface area contributed by atoms with Crippen LogP contribution >= 0.6 is 0 Å². The Bertz CT molecular complexity index is 563. The first-order chi connectivity index (χ1) is 11.8. The van der Waals surface area contributed by atoms with Gasteiger partial charge in [-0.15, -0.1) is 0 Å². The fraction of sp³-hybridized carbons (Fsp3) is 0.579. The summed E-state index contributed by atoms with van der Waals surface area (Å²) in [5, 5.41) is 2.62. The molecular formula is C19H28N2O4. The van der Waals surface area contributed by atoms with Crippen LogP contribution in [0.1, 0.15) is 45.2 Å². The van der Waals surface area contributed by atoms with Gasteiger partial charge in [-0.25, -0.2) is 9.59 Å². The maximum Gasteiger partial charge on any atom is 0.408 e. The van der Waals surface area contributed by atoms with Gasteiger partial charge in [0.15, 0.2) is 6.04 Å². The van der Waals surface area contributed by atoms with Gasteiger partial charge in [-0.2, -0.15) is 0 Å². The van der Waals surface area contributed by atoms with Gasteiger partial charge in [0, 0.05) is 6.54 Å². The highest BCUT2D eigenvalue weighted by atomic mass is 16.6. The third-order valence-corrected chi connectivity index (χ3v) is 3.88. The molecule has 2 rings (SSSR count). The van der Waals surface area contributed by atoms with Crippen LogP contribution in [0.3, 0.4) is 0 Å². The Morgan fingerprint density at radius 3 is 2.40 bits per heavy atom. The number of esters is 1. The van der Waals surface area contributed by atoms with E-state index in [9.17, 15) is 9.59 Å². The lowest BCUT2D eigenvalue weighted by Gasteiger charge is -2.23. The summed E-state index contributed by atoms with van der Waals surface area (Å²) in [4.78, 5) is 26.9. The molecule has 1 unspecified atom stereocenters. The molecule has 1 fully saturated rings. The highest BCUT2D eigenvalue weighted by molar-refractivity contribution is 5.82. The van der Waals surface area contributed by atoms with Crippen molar-refractivity contribution in [2.75, 3.05) is 26.2 Å². The van der Waals surface area contributed by atoms with Gasteiger partial charge in [-0.1, -0.05) is 30.3 Å². The fourth-order valence-corrected chi connectivity index (χ4v) is 2.71. The number of carbonyl (C=O) groups is 2. The van der Waals surface area contributed by atoms with Crippen molar-refractivity contribution in [3.63, 3.8) is 0 Å². The average Bonchev–Trinajstić information content (AvgIpc) is 3.05. The number of likely N-dealkylation sites (tertiary alicyclic amines) is 1. The maximum atomic E-state index is 12.5. The van der Waals surface area contributed by atoms with Gasteiger partial charge < -0.3 is 14.8 Å². The second-order valence-electron chi connectivity index (χ2n) is 7.21. The minimum atomic E-state index is -0.880. The Hall–Kier alpha value is -2.08. The van der Waals surface area contributed by atoms with E-state index in [1.165, 1.54) is 12.8 Å². The van der Waals surface area contributed by atoms with Gasteiger partial charge in [0.25, 0.3) is 0 Å². The Balaban J connectivity index is 1.95. The van der Waals surface area contributed by atoms with E-state index in [0.29, 0.717) is 12.2 Å². The number of benzene rings is 1. The van der Waals surface area contributed by atoms with Crippen LogP contribution < -0.4 is 5.32 Å². The predicted octanol–water partition coefficient (Wildman–Crippen LogP) is 2.89. The molecule has 0 aromatic heterocycles. The van der Waals surface area contributed by atoms with Gasteiger partial charge in [0.1, 0.15) is 12.2 Å². The van der Waals surface area contributed by atoms with Crippen LogP contribution in [0.5, 0.6) is 0 Å². The number of hydrogen-bond acceptors (Lipinski definition) is 5. The summed E-state index contributed by atoms with van der Waals surface area (Å²) in [5.41, 5.74) is 0.0323. The van der Waals surface area contributed by atoms with Gasteiger partial charge in [0.2, 0.25) is 0 Å². The van der Waals surface area contributed by atoms with Crippen molar-refractivity contribution in [2.45, 2.75) is 45.3 Å². The molecule has 1 aliphatic heterocycles. The predicted molar refractivity (Wildman–Crippen MR) is 95.2 cm³/mol. The zero-order valence-electron chi connectivity index (χ0n) is 15.3. The van der Waals surface area contributed by atoms with Crippen molar-refractivity contribution in [2.24, 2.45) is 0 Å². The van der Waals surface area contributed by atoms with Crippen LogP contribution in [0.25, 0.3) is 0 Å². The van der Waals surface area contributed by atoms with Gasteiger partial charge >= 0.3 is 12.1 Å². The highest BCUT2D eigenvalue weighted by Crippen LogP contribution is 2.16. The summed E-state index contributed by atoms with van der Waals surface area (Å²) < 4.78 is 10.7. The molecule has 1 aromatic rings. The van der Waals surface area contributed by atoms with E-state index >= 15 is 0 Å². The van der Waals surface area contributed by atoms with Gasteiger partial charge in [-0.3, -0.25) is 4.90 Å². The molecule has 6 heteroatoms. The standard InChI is InChI=1S/C19H28N2O4/c1-19(2,3)25-18(23)20-16(15-9-5-4-6-10-15)17(22)24-14-13-21-11-7-8-12-21/h4-6,9-10,16H,7-8,11-14H2,1-3H3,(H,20,23). The van der Waals surface area contributed by atoms with Gasteiger partial charge in [-0.05, 0) is 52.3 Å². The minimum Gasteiger partial charge on any atom is -0.463 e. The van der Waals surface area contributed by atoms with Crippen LogP contribution in [0.4, 0.5) is 4.79 Å². The molecule has 1 aromatic carbocycles. The van der Waals surface area contributed by atoms with Crippen LogP contribution in [0.2, 0.25) is 0 Å². The molecule has 138 valence electrons. The van der Waals surface area contributed by atoms with Crippen LogP contribution in [0.15, 0.2) is 30.3 Å². The Morgan fingerprint density at radius 1 is 1.16 bits per heavy atom. The molecule has 0 saturated carbocycles. The van der Waals surface area contributed by atoms with Crippen molar-refractivity contribution >= 4 is 12.1 Å². The van der Waals surface area contributed by atoms with Crippen molar-refractivity contribution in [3.8, 4) is 0 Å². The number of alkyl carbamates (subject to hydrolysis) is 1. The van der Waals surface area contributed by atoms with E-state index in [2.05, 4.69) is 10.2 Å². The molecule has 6 nitrogen and oxygen atoms in total. The quantitative estimate of drug-likeness (QED) is 0.801. The first-order valence-corrected chi connectivity index (χ1v) is 8.78. The second kappa shape index (κ2) is 8.85. The molecule has 1 atom stereocenters. The van der Waals surface area contributed by atoms with Crippen LogP contribution in [-0.4, -0.2) is 48.8 Å². The average molecular weight is 348 g/mol. The Morgan fingerprint density at radius 2 is 1.80 bits per heavy atom. The van der Waals surface area contributed by atoms with Crippen molar-refractivity contribution in [3.05, 3.63) is 35.9 Å². The van der Waals surface area contributed by atoms with E-state index in [1.54, 1.807) is 32.9 Å². The SMILES string of the molecule is CC(C)(C)OC(=O)NC(C(=O)OCCN1CCCC1)c1ccccc1. The summed E-state index contributed by atoms with van der Waals surface area (Å²) >= 11 is 0. The third-order valence-electron chi connectivity index (χ3n) is 3.88. The van der Waals surface area contributed by atoms with E-state index < -0.39 is 23.7 Å². The van der Waals surface area contributed by atoms with Crippen molar-refractivity contribution in [1.29, 1.82) is 0 Å². The number of hydrogen-bond donors (Lipinski definition) is 1. The molecule has 1 amide bonds. The smallest absolute Gasteiger partial charge is 0.408 e. The van der Waals surface area contributed by atoms with Gasteiger partial charge in [0.05, 0.1) is 0 Å². The Kier molecular flexibility index (Phi) is 6.82. The van der Waals surface area contributed by atoms with E-state index in [-0.39, 0.29) is 0 Å². The first kappa shape index (κ1) is 19.2. The molecule has 0 bridgehead atoms. The minimum absolute atomic E-state index is 0.318. The topological polar surface area (TPSA) is 67.9 Å². The molecule has 0 radical (unpaired) electrons. The maximum absolute atomic E-state index is 12.5. The molecule has 0 spiro atoms. The summed E-state index contributed by atoms with van der Waals surface area (Å²) in [6.07, 6.45) is 1.75.